The summed E-state index contributed by atoms with van der Waals surface area (Å²) < 4.78 is 14.9. The van der Waals surface area contributed by atoms with E-state index in [1.165, 1.54) is 17.7 Å². The van der Waals surface area contributed by atoms with Crippen molar-refractivity contribution in [1.29, 1.82) is 0 Å². The molecule has 2 aromatic heterocycles. The summed E-state index contributed by atoms with van der Waals surface area (Å²) in [6.07, 6.45) is 1.72. The fourth-order valence-electron chi connectivity index (χ4n) is 3.35. The van der Waals surface area contributed by atoms with Gasteiger partial charge in [-0.3, -0.25) is 4.79 Å². The van der Waals surface area contributed by atoms with Crippen LogP contribution in [0.2, 0.25) is 0 Å². The van der Waals surface area contributed by atoms with Crippen molar-refractivity contribution in [3.05, 3.63) is 77.9 Å². The second-order valence-electron chi connectivity index (χ2n) is 6.73. The molecule has 140 valence electrons. The maximum absolute atomic E-state index is 13.3. The molecular formula is C22H19FN4O. The van der Waals surface area contributed by atoms with Gasteiger partial charge in [0.25, 0.3) is 0 Å². The molecule has 0 fully saturated rings. The molecule has 6 heteroatoms. The molecule has 0 atom stereocenters. The number of hydrogen-bond acceptors (Lipinski definition) is 3. The van der Waals surface area contributed by atoms with E-state index in [1.807, 2.05) is 19.1 Å². The molecule has 0 aliphatic heterocycles. The Kier molecular flexibility index (Phi) is 4.61. The second kappa shape index (κ2) is 7.23. The van der Waals surface area contributed by atoms with Crippen LogP contribution in [0.4, 0.5) is 10.1 Å². The molecule has 0 aliphatic rings. The predicted molar refractivity (Wildman–Crippen MR) is 107 cm³/mol. The molecule has 4 rings (SSSR count). The number of hydrogen-bond donors (Lipinski definition) is 1. The number of rotatable bonds is 4. The highest BCUT2D eigenvalue weighted by atomic mass is 19.1. The summed E-state index contributed by atoms with van der Waals surface area (Å²) in [5.41, 5.74) is 5.14. The van der Waals surface area contributed by atoms with Gasteiger partial charge in [-0.1, -0.05) is 35.9 Å². The number of aryl methyl sites for hydroxylation is 2. The fourth-order valence-corrected chi connectivity index (χ4v) is 3.35. The van der Waals surface area contributed by atoms with Gasteiger partial charge < -0.3 is 5.32 Å². The summed E-state index contributed by atoms with van der Waals surface area (Å²) >= 11 is 0. The van der Waals surface area contributed by atoms with Gasteiger partial charge in [-0.2, -0.15) is 5.10 Å². The van der Waals surface area contributed by atoms with Crippen LogP contribution in [0.5, 0.6) is 0 Å². The lowest BCUT2D eigenvalue weighted by atomic mass is 10.0. The number of nitrogens with zero attached hydrogens (tertiary/aromatic N) is 3. The van der Waals surface area contributed by atoms with Gasteiger partial charge in [0, 0.05) is 17.3 Å². The first-order valence-electron chi connectivity index (χ1n) is 8.96. The smallest absolute Gasteiger partial charge is 0.246 e. The first-order valence-corrected chi connectivity index (χ1v) is 8.96. The van der Waals surface area contributed by atoms with Crippen LogP contribution >= 0.6 is 0 Å². The van der Waals surface area contributed by atoms with Crippen molar-refractivity contribution < 1.29 is 9.18 Å². The van der Waals surface area contributed by atoms with Crippen LogP contribution in [-0.4, -0.2) is 20.7 Å². The average molecular weight is 374 g/mol. The van der Waals surface area contributed by atoms with E-state index in [0.29, 0.717) is 11.3 Å². The van der Waals surface area contributed by atoms with Gasteiger partial charge in [-0.05, 0) is 49.2 Å². The molecule has 0 spiro atoms. The zero-order valence-electron chi connectivity index (χ0n) is 15.6. The minimum Gasteiger partial charge on any atom is -0.324 e. The topological polar surface area (TPSA) is 59.8 Å². The van der Waals surface area contributed by atoms with E-state index >= 15 is 0 Å². The highest BCUT2D eigenvalue weighted by Gasteiger charge is 2.16. The Labute approximate surface area is 161 Å². The molecule has 4 aromatic rings. The Morgan fingerprint density at radius 1 is 1.11 bits per heavy atom. The Balaban J connectivity index is 1.67. The molecule has 0 radical (unpaired) electrons. The lowest BCUT2D eigenvalue weighted by Gasteiger charge is -2.07. The van der Waals surface area contributed by atoms with Crippen LogP contribution in [0.3, 0.4) is 0 Å². The molecule has 0 aliphatic carbocycles. The largest absolute Gasteiger partial charge is 0.324 e. The van der Waals surface area contributed by atoms with E-state index in [0.717, 1.165) is 22.2 Å². The highest BCUT2D eigenvalue weighted by molar-refractivity contribution is 5.96. The van der Waals surface area contributed by atoms with Crippen LogP contribution in [0, 0.1) is 19.7 Å². The molecule has 2 heterocycles. The van der Waals surface area contributed by atoms with Crippen molar-refractivity contribution in [2.45, 2.75) is 20.4 Å². The maximum Gasteiger partial charge on any atom is 0.246 e. The van der Waals surface area contributed by atoms with Gasteiger partial charge in [-0.15, -0.1) is 0 Å². The van der Waals surface area contributed by atoms with Crippen molar-refractivity contribution in [1.82, 2.24) is 14.8 Å². The Morgan fingerprint density at radius 3 is 2.71 bits per heavy atom. The molecule has 1 N–H and O–H groups in total. The number of halogens is 1. The van der Waals surface area contributed by atoms with Crippen molar-refractivity contribution in [3.63, 3.8) is 0 Å². The summed E-state index contributed by atoms with van der Waals surface area (Å²) in [6.45, 7) is 3.95. The van der Waals surface area contributed by atoms with Crippen LogP contribution in [0.15, 0.2) is 60.8 Å². The monoisotopic (exact) mass is 374 g/mol. The first kappa shape index (κ1) is 17.9. The van der Waals surface area contributed by atoms with Crippen molar-refractivity contribution in [3.8, 4) is 11.1 Å². The number of anilines is 1. The van der Waals surface area contributed by atoms with Crippen LogP contribution in [-0.2, 0) is 11.3 Å². The molecule has 2 aromatic carbocycles. The Morgan fingerprint density at radius 2 is 1.93 bits per heavy atom. The third kappa shape index (κ3) is 3.49. The van der Waals surface area contributed by atoms with Gasteiger partial charge >= 0.3 is 0 Å². The van der Waals surface area contributed by atoms with Crippen LogP contribution in [0.1, 0.15) is 11.3 Å². The van der Waals surface area contributed by atoms with Crippen molar-refractivity contribution >= 4 is 22.6 Å². The minimum atomic E-state index is -0.400. The van der Waals surface area contributed by atoms with Gasteiger partial charge in [-0.25, -0.2) is 14.1 Å². The Bertz CT molecular complexity index is 1180. The Hall–Kier alpha value is -3.54. The number of aromatic nitrogens is 3. The summed E-state index contributed by atoms with van der Waals surface area (Å²) in [5.74, 6) is -0.694. The van der Waals surface area contributed by atoms with E-state index in [-0.39, 0.29) is 12.5 Å². The van der Waals surface area contributed by atoms with E-state index in [2.05, 4.69) is 40.5 Å². The number of carbonyl (C=O) groups excluding carboxylic acids is 1. The first-order chi connectivity index (χ1) is 13.5. The number of fused-ring (bicyclic) bond motifs is 1. The van der Waals surface area contributed by atoms with Gasteiger partial charge in [0.15, 0.2) is 5.65 Å². The van der Waals surface area contributed by atoms with Crippen LogP contribution < -0.4 is 5.32 Å². The standard InChI is InChI=1S/C22H19FN4O/c1-14-5-3-6-16(11-14)19-9-10-24-22-21(19)15(2)26-27(22)13-20(28)25-18-8-4-7-17(23)12-18/h3-12H,13H2,1-2H3,(H,25,28). The van der Waals surface area contributed by atoms with E-state index in [1.54, 1.807) is 23.0 Å². The highest BCUT2D eigenvalue weighted by Crippen LogP contribution is 2.30. The zero-order valence-corrected chi connectivity index (χ0v) is 15.6. The summed E-state index contributed by atoms with van der Waals surface area (Å²) in [5, 5.41) is 8.13. The van der Waals surface area contributed by atoms with Gasteiger partial charge in [0.1, 0.15) is 12.4 Å². The molecule has 28 heavy (non-hydrogen) atoms. The summed E-state index contributed by atoms with van der Waals surface area (Å²) in [4.78, 5) is 16.9. The maximum atomic E-state index is 13.3. The molecule has 0 saturated carbocycles. The quantitative estimate of drug-likeness (QED) is 0.572. The lowest BCUT2D eigenvalue weighted by molar-refractivity contribution is -0.116. The molecule has 1 amide bonds. The fraction of sp³-hybridized carbons (Fsp3) is 0.136. The summed E-state index contributed by atoms with van der Waals surface area (Å²) in [6, 6.07) is 16.0. The predicted octanol–water partition coefficient (Wildman–Crippen LogP) is 4.49. The number of carbonyl (C=O) groups is 1. The third-order valence-electron chi connectivity index (χ3n) is 4.54. The average Bonchev–Trinajstić information content (AvgIpc) is 2.97. The van der Waals surface area contributed by atoms with E-state index < -0.39 is 5.82 Å². The lowest BCUT2D eigenvalue weighted by Crippen LogP contribution is -2.19. The second-order valence-corrected chi connectivity index (χ2v) is 6.73. The number of amides is 1. The molecule has 0 bridgehead atoms. The van der Waals surface area contributed by atoms with E-state index in [9.17, 15) is 9.18 Å². The third-order valence-corrected chi connectivity index (χ3v) is 4.54. The van der Waals surface area contributed by atoms with E-state index in [4.69, 9.17) is 0 Å². The van der Waals surface area contributed by atoms with Gasteiger partial charge in [0.05, 0.1) is 5.69 Å². The number of benzene rings is 2. The number of nitrogens with one attached hydrogen (secondary N) is 1. The normalized spacial score (nSPS) is 11.0. The van der Waals surface area contributed by atoms with Crippen molar-refractivity contribution in [2.75, 3.05) is 5.32 Å². The zero-order chi connectivity index (χ0) is 19.7. The minimum absolute atomic E-state index is 0.00881. The SMILES string of the molecule is Cc1cccc(-c2ccnc3c2c(C)nn3CC(=O)Nc2cccc(F)c2)c1. The summed E-state index contributed by atoms with van der Waals surface area (Å²) in [7, 11) is 0. The van der Waals surface area contributed by atoms with Crippen LogP contribution in [0.25, 0.3) is 22.2 Å². The van der Waals surface area contributed by atoms with Gasteiger partial charge in [0.2, 0.25) is 5.91 Å². The molecule has 0 saturated heterocycles. The molecule has 0 unspecified atom stereocenters. The molecule has 5 nitrogen and oxygen atoms in total. The molecular weight excluding hydrogens is 355 g/mol. The van der Waals surface area contributed by atoms with Crippen molar-refractivity contribution in [2.24, 2.45) is 0 Å². The number of pyridine rings is 1.